The van der Waals surface area contributed by atoms with Gasteiger partial charge in [-0.2, -0.15) is 0 Å². The van der Waals surface area contributed by atoms with Crippen molar-refractivity contribution < 1.29 is 17.9 Å². The molecule has 0 heterocycles. The van der Waals surface area contributed by atoms with Crippen molar-refractivity contribution in [2.45, 2.75) is 37.6 Å². The van der Waals surface area contributed by atoms with E-state index in [4.69, 9.17) is 4.74 Å². The zero-order valence-electron chi connectivity index (χ0n) is 15.2. The van der Waals surface area contributed by atoms with Crippen molar-refractivity contribution in [3.63, 3.8) is 0 Å². The molecule has 0 saturated carbocycles. The summed E-state index contributed by atoms with van der Waals surface area (Å²) in [6.07, 6.45) is 0.929. The number of anilines is 1. The van der Waals surface area contributed by atoms with Crippen LogP contribution in [0, 0.1) is 0 Å². The molecule has 140 valence electrons. The molecule has 6 nitrogen and oxygen atoms in total. The number of nitrogens with one attached hydrogen (secondary N) is 2. The van der Waals surface area contributed by atoms with Gasteiger partial charge in [-0.05, 0) is 55.3 Å². The Hall–Kier alpha value is -2.38. The Morgan fingerprint density at radius 1 is 1.08 bits per heavy atom. The summed E-state index contributed by atoms with van der Waals surface area (Å²) in [6, 6.07) is 13.2. The van der Waals surface area contributed by atoms with Gasteiger partial charge >= 0.3 is 0 Å². The SMILES string of the molecule is CC[C@H](C)NS(=O)(=O)c1ccc(NC(=O)Cc2ccc(OC)cc2)cc1. The highest BCUT2D eigenvalue weighted by molar-refractivity contribution is 7.89. The average molecular weight is 376 g/mol. The Labute approximate surface area is 154 Å². The van der Waals surface area contributed by atoms with Gasteiger partial charge < -0.3 is 10.1 Å². The average Bonchev–Trinajstić information content (AvgIpc) is 2.62. The summed E-state index contributed by atoms with van der Waals surface area (Å²) >= 11 is 0. The molecule has 1 amide bonds. The minimum Gasteiger partial charge on any atom is -0.497 e. The molecule has 2 rings (SSSR count). The third-order valence-corrected chi connectivity index (χ3v) is 5.55. The lowest BCUT2D eigenvalue weighted by molar-refractivity contribution is -0.115. The van der Waals surface area contributed by atoms with Crippen LogP contribution in [0.25, 0.3) is 0 Å². The lowest BCUT2D eigenvalue weighted by atomic mass is 10.1. The van der Waals surface area contributed by atoms with E-state index in [2.05, 4.69) is 10.0 Å². The monoisotopic (exact) mass is 376 g/mol. The molecule has 0 aliphatic carbocycles. The maximum Gasteiger partial charge on any atom is 0.240 e. The van der Waals surface area contributed by atoms with Crippen molar-refractivity contribution in [1.82, 2.24) is 4.72 Å². The van der Waals surface area contributed by atoms with Gasteiger partial charge in [-0.25, -0.2) is 13.1 Å². The molecule has 0 aliphatic rings. The molecule has 2 N–H and O–H groups in total. The fourth-order valence-corrected chi connectivity index (χ4v) is 3.59. The summed E-state index contributed by atoms with van der Waals surface area (Å²) in [4.78, 5) is 12.3. The minimum absolute atomic E-state index is 0.135. The van der Waals surface area contributed by atoms with Crippen LogP contribution in [-0.4, -0.2) is 27.5 Å². The minimum atomic E-state index is -3.55. The molecule has 26 heavy (non-hydrogen) atoms. The predicted octanol–water partition coefficient (Wildman–Crippen LogP) is 2.95. The third-order valence-electron chi connectivity index (χ3n) is 3.94. The van der Waals surface area contributed by atoms with Crippen LogP contribution in [0.4, 0.5) is 5.69 Å². The first-order valence-corrected chi connectivity index (χ1v) is 9.87. The summed E-state index contributed by atoms with van der Waals surface area (Å²) in [6.45, 7) is 3.72. The van der Waals surface area contributed by atoms with E-state index in [-0.39, 0.29) is 23.3 Å². The van der Waals surface area contributed by atoms with Gasteiger partial charge in [-0.1, -0.05) is 19.1 Å². The normalized spacial score (nSPS) is 12.4. The highest BCUT2D eigenvalue weighted by atomic mass is 32.2. The van der Waals surface area contributed by atoms with Crippen LogP contribution < -0.4 is 14.8 Å². The number of hydrogen-bond acceptors (Lipinski definition) is 4. The number of benzene rings is 2. The molecule has 7 heteroatoms. The van der Waals surface area contributed by atoms with Crippen molar-refractivity contribution in [2.24, 2.45) is 0 Å². The number of carbonyl (C=O) groups is 1. The van der Waals surface area contributed by atoms with Crippen LogP contribution in [0.15, 0.2) is 53.4 Å². The number of ether oxygens (including phenoxy) is 1. The smallest absolute Gasteiger partial charge is 0.240 e. The van der Waals surface area contributed by atoms with Gasteiger partial charge in [0.25, 0.3) is 0 Å². The second-order valence-electron chi connectivity index (χ2n) is 6.03. The molecular formula is C19H24N2O4S. The van der Waals surface area contributed by atoms with Crippen molar-refractivity contribution >= 4 is 21.6 Å². The zero-order chi connectivity index (χ0) is 19.2. The van der Waals surface area contributed by atoms with Crippen molar-refractivity contribution in [3.8, 4) is 5.75 Å². The van der Waals surface area contributed by atoms with Crippen LogP contribution in [0.1, 0.15) is 25.8 Å². The van der Waals surface area contributed by atoms with E-state index in [1.54, 1.807) is 31.4 Å². The lowest BCUT2D eigenvalue weighted by Crippen LogP contribution is -2.31. The summed E-state index contributed by atoms with van der Waals surface area (Å²) in [7, 11) is -1.96. The largest absolute Gasteiger partial charge is 0.497 e. The molecule has 0 radical (unpaired) electrons. The van der Waals surface area contributed by atoms with E-state index in [9.17, 15) is 13.2 Å². The Kier molecular flexibility index (Phi) is 6.76. The Bertz CT molecular complexity index is 831. The predicted molar refractivity (Wildman–Crippen MR) is 102 cm³/mol. The fourth-order valence-electron chi connectivity index (χ4n) is 2.27. The molecule has 0 bridgehead atoms. The van der Waals surface area contributed by atoms with E-state index in [1.807, 2.05) is 26.0 Å². The molecule has 0 unspecified atom stereocenters. The van der Waals surface area contributed by atoms with Gasteiger partial charge in [0, 0.05) is 11.7 Å². The van der Waals surface area contributed by atoms with Crippen LogP contribution in [0.3, 0.4) is 0 Å². The first-order valence-electron chi connectivity index (χ1n) is 8.39. The maximum atomic E-state index is 12.2. The number of amides is 1. The van der Waals surface area contributed by atoms with E-state index < -0.39 is 10.0 Å². The molecule has 0 aliphatic heterocycles. The van der Waals surface area contributed by atoms with Crippen molar-refractivity contribution in [1.29, 1.82) is 0 Å². The van der Waals surface area contributed by atoms with E-state index in [1.165, 1.54) is 12.1 Å². The lowest BCUT2D eigenvalue weighted by Gasteiger charge is -2.12. The molecule has 2 aromatic rings. The van der Waals surface area contributed by atoms with Gasteiger partial charge in [0.15, 0.2) is 0 Å². The fraction of sp³-hybridized carbons (Fsp3) is 0.316. The van der Waals surface area contributed by atoms with Crippen molar-refractivity contribution in [3.05, 3.63) is 54.1 Å². The topological polar surface area (TPSA) is 84.5 Å². The third kappa shape index (κ3) is 5.57. The highest BCUT2D eigenvalue weighted by Crippen LogP contribution is 2.16. The van der Waals surface area contributed by atoms with Gasteiger partial charge in [0.2, 0.25) is 15.9 Å². The molecule has 0 fully saturated rings. The second kappa shape index (κ2) is 8.82. The molecule has 1 atom stereocenters. The Morgan fingerprint density at radius 2 is 1.69 bits per heavy atom. The quantitative estimate of drug-likeness (QED) is 0.742. The van der Waals surface area contributed by atoms with Crippen LogP contribution in [0.2, 0.25) is 0 Å². The van der Waals surface area contributed by atoms with E-state index in [0.717, 1.165) is 11.3 Å². The zero-order valence-corrected chi connectivity index (χ0v) is 16.0. The molecular weight excluding hydrogens is 352 g/mol. The Morgan fingerprint density at radius 3 is 2.23 bits per heavy atom. The second-order valence-corrected chi connectivity index (χ2v) is 7.74. The number of rotatable bonds is 8. The number of methoxy groups -OCH3 is 1. The molecule has 0 spiro atoms. The van der Waals surface area contributed by atoms with E-state index >= 15 is 0 Å². The van der Waals surface area contributed by atoms with Crippen molar-refractivity contribution in [2.75, 3.05) is 12.4 Å². The van der Waals surface area contributed by atoms with Gasteiger partial charge in [0.05, 0.1) is 18.4 Å². The van der Waals surface area contributed by atoms with Gasteiger partial charge in [0.1, 0.15) is 5.75 Å². The number of hydrogen-bond donors (Lipinski definition) is 2. The Balaban J connectivity index is 1.98. The van der Waals surface area contributed by atoms with Gasteiger partial charge in [-0.15, -0.1) is 0 Å². The first-order chi connectivity index (χ1) is 12.3. The molecule has 2 aromatic carbocycles. The maximum absolute atomic E-state index is 12.2. The summed E-state index contributed by atoms with van der Waals surface area (Å²) in [5.41, 5.74) is 1.41. The van der Waals surface area contributed by atoms with Crippen LogP contribution >= 0.6 is 0 Å². The number of sulfonamides is 1. The van der Waals surface area contributed by atoms with Crippen LogP contribution in [-0.2, 0) is 21.2 Å². The molecule has 0 saturated heterocycles. The summed E-state index contributed by atoms with van der Waals surface area (Å²) in [5, 5.41) is 2.76. The van der Waals surface area contributed by atoms with Gasteiger partial charge in [-0.3, -0.25) is 4.79 Å². The van der Waals surface area contributed by atoms with Crippen LogP contribution in [0.5, 0.6) is 5.75 Å². The molecule has 0 aromatic heterocycles. The highest BCUT2D eigenvalue weighted by Gasteiger charge is 2.16. The summed E-state index contributed by atoms with van der Waals surface area (Å²) in [5.74, 6) is 0.556. The standard InChI is InChI=1S/C19H24N2O4S/c1-4-14(2)21-26(23,24)18-11-7-16(8-12-18)20-19(22)13-15-5-9-17(25-3)10-6-15/h5-12,14,21H,4,13H2,1-3H3,(H,20,22)/t14-/m0/s1. The number of carbonyl (C=O) groups excluding carboxylic acids is 1. The summed E-state index contributed by atoms with van der Waals surface area (Å²) < 4.78 is 32.1. The first kappa shape index (κ1) is 19.9. The van der Waals surface area contributed by atoms with E-state index in [0.29, 0.717) is 12.1 Å².